The van der Waals surface area contributed by atoms with E-state index in [0.717, 1.165) is 5.39 Å². The van der Waals surface area contributed by atoms with Gasteiger partial charge in [0.15, 0.2) is 0 Å². The van der Waals surface area contributed by atoms with Crippen molar-refractivity contribution in [1.29, 1.82) is 0 Å². The Morgan fingerprint density at radius 3 is 2.24 bits per heavy atom. The molecule has 1 atom stereocenters. The predicted molar refractivity (Wildman–Crippen MR) is 132 cm³/mol. The molecule has 34 heavy (non-hydrogen) atoms. The molecule has 3 rings (SSSR count). The van der Waals surface area contributed by atoms with Gasteiger partial charge in [0.1, 0.15) is 11.7 Å². The average Bonchev–Trinajstić information content (AvgIpc) is 2.83. The van der Waals surface area contributed by atoms with Gasteiger partial charge in [-0.15, -0.1) is 0 Å². The van der Waals surface area contributed by atoms with Gasteiger partial charge in [0.25, 0.3) is 10.0 Å². The Balaban J connectivity index is 1.91. The van der Waals surface area contributed by atoms with Crippen molar-refractivity contribution in [2.24, 2.45) is 5.92 Å². The van der Waals surface area contributed by atoms with Gasteiger partial charge < -0.3 is 15.4 Å². The molecule has 9 heteroatoms. The smallest absolute Gasteiger partial charge is 0.264 e. The molecule has 3 aromatic carbocycles. The maximum Gasteiger partial charge on any atom is 0.264 e. The lowest BCUT2D eigenvalue weighted by atomic mass is 9.97. The highest BCUT2D eigenvalue weighted by Gasteiger charge is 2.33. The van der Waals surface area contributed by atoms with Gasteiger partial charge in [-0.1, -0.05) is 24.3 Å². The molecule has 0 saturated heterocycles. The highest BCUT2D eigenvalue weighted by molar-refractivity contribution is 7.90. The average molecular weight is 484 g/mol. The normalized spacial score (nSPS) is 12.2. The summed E-state index contributed by atoms with van der Waals surface area (Å²) in [7, 11) is -2.69. The summed E-state index contributed by atoms with van der Waals surface area (Å²) in [6.45, 7) is 4.42. The minimum Gasteiger partial charge on any atom is -0.497 e. The summed E-state index contributed by atoms with van der Waals surface area (Å²) in [5, 5.41) is 1.47. The van der Waals surface area contributed by atoms with Gasteiger partial charge >= 0.3 is 0 Å². The van der Waals surface area contributed by atoms with Crippen LogP contribution >= 0.6 is 0 Å². The van der Waals surface area contributed by atoms with Crippen molar-refractivity contribution in [2.45, 2.75) is 25.2 Å². The number of carbonyl (C=O) groups excluding carboxylic acids is 2. The largest absolute Gasteiger partial charge is 0.497 e. The minimum absolute atomic E-state index is 0.0475. The fraction of sp³-hybridized carbons (Fsp3) is 0.280. The summed E-state index contributed by atoms with van der Waals surface area (Å²) >= 11 is 0. The molecule has 0 saturated carbocycles. The lowest BCUT2D eigenvalue weighted by Gasteiger charge is -2.24. The Morgan fingerprint density at radius 1 is 0.971 bits per heavy atom. The van der Waals surface area contributed by atoms with E-state index in [-0.39, 0.29) is 11.3 Å². The Hall–Kier alpha value is -3.59. The number of rotatable bonds is 9. The first-order valence-corrected chi connectivity index (χ1v) is 12.4. The highest BCUT2D eigenvalue weighted by atomic mass is 32.2. The molecule has 3 aromatic rings. The number of nitrogens with two attached hydrogens (primary N) is 1. The molecule has 3 N–H and O–H groups in total. The molecular weight excluding hydrogens is 454 g/mol. The maximum atomic E-state index is 13.2. The molecule has 0 bridgehead atoms. The van der Waals surface area contributed by atoms with Crippen LogP contribution in [-0.4, -0.2) is 45.3 Å². The van der Waals surface area contributed by atoms with E-state index in [4.69, 9.17) is 10.5 Å². The van der Waals surface area contributed by atoms with Crippen molar-refractivity contribution in [2.75, 3.05) is 25.9 Å². The van der Waals surface area contributed by atoms with E-state index in [0.29, 0.717) is 35.5 Å². The zero-order valence-corrected chi connectivity index (χ0v) is 20.3. The van der Waals surface area contributed by atoms with Crippen LogP contribution in [0.15, 0.2) is 65.6 Å². The Morgan fingerprint density at radius 2 is 1.62 bits per heavy atom. The second kappa shape index (κ2) is 10.6. The second-order valence-corrected chi connectivity index (χ2v) is 9.54. The molecule has 2 amide bonds. The molecule has 0 aliphatic rings. The number of benzene rings is 3. The predicted octanol–water partition coefficient (Wildman–Crippen LogP) is 2.96. The third-order valence-corrected chi connectivity index (χ3v) is 7.02. The number of hydrogen-bond donors (Lipinski definition) is 2. The fourth-order valence-electron chi connectivity index (χ4n) is 3.70. The first-order valence-electron chi connectivity index (χ1n) is 11.0. The number of anilines is 1. The Bertz CT molecular complexity index is 1290. The summed E-state index contributed by atoms with van der Waals surface area (Å²) in [6.07, 6.45) is 0.0475. The first kappa shape index (κ1) is 25.0. The molecule has 0 aliphatic carbocycles. The summed E-state index contributed by atoms with van der Waals surface area (Å²) in [6, 6.07) is 16.6. The summed E-state index contributed by atoms with van der Waals surface area (Å²) in [4.78, 5) is 27.7. The van der Waals surface area contributed by atoms with Gasteiger partial charge in [0.2, 0.25) is 11.8 Å². The molecule has 0 radical (unpaired) electrons. The number of hydrogen-bond acceptors (Lipinski definition) is 6. The molecule has 0 aromatic heterocycles. The lowest BCUT2D eigenvalue weighted by molar-refractivity contribution is -0.141. The second-order valence-electron chi connectivity index (χ2n) is 7.85. The number of nitrogens with zero attached hydrogens (tertiary/aromatic N) is 1. The quantitative estimate of drug-likeness (QED) is 0.357. The van der Waals surface area contributed by atoms with E-state index in [9.17, 15) is 18.0 Å². The molecule has 0 heterocycles. The van der Waals surface area contributed by atoms with Crippen LogP contribution < -0.4 is 15.2 Å². The summed E-state index contributed by atoms with van der Waals surface area (Å²) in [5.74, 6) is -1.93. The van der Waals surface area contributed by atoms with Crippen LogP contribution in [-0.2, 0) is 26.0 Å². The van der Waals surface area contributed by atoms with Gasteiger partial charge in [0, 0.05) is 18.8 Å². The van der Waals surface area contributed by atoms with Crippen LogP contribution in [0.25, 0.3) is 10.8 Å². The zero-order chi connectivity index (χ0) is 24.9. The number of fused-ring (bicyclic) bond motifs is 1. The van der Waals surface area contributed by atoms with Crippen molar-refractivity contribution in [3.8, 4) is 5.75 Å². The van der Waals surface area contributed by atoms with E-state index in [1.54, 1.807) is 56.3 Å². The third-order valence-electron chi connectivity index (χ3n) is 5.67. The number of carbonyl (C=O) groups is 2. The Labute approximate surface area is 199 Å². The van der Waals surface area contributed by atoms with Crippen LogP contribution in [0, 0.1) is 5.92 Å². The molecular formula is C25H29N3O5S. The van der Waals surface area contributed by atoms with Gasteiger partial charge in [-0.2, -0.15) is 0 Å². The Kier molecular flexibility index (Phi) is 7.78. The van der Waals surface area contributed by atoms with Gasteiger partial charge in [-0.25, -0.2) is 13.1 Å². The van der Waals surface area contributed by atoms with Gasteiger partial charge in [-0.3, -0.25) is 9.59 Å². The topological polar surface area (TPSA) is 119 Å². The lowest BCUT2D eigenvalue weighted by Crippen LogP contribution is -2.46. The number of sulfonamides is 1. The number of nitrogen functional groups attached to an aromatic ring is 1. The molecule has 180 valence electrons. The van der Waals surface area contributed by atoms with Crippen molar-refractivity contribution in [3.63, 3.8) is 0 Å². The number of methoxy groups -OCH3 is 1. The van der Waals surface area contributed by atoms with Crippen LogP contribution in [0.1, 0.15) is 19.4 Å². The fourth-order valence-corrected chi connectivity index (χ4v) is 4.75. The van der Waals surface area contributed by atoms with E-state index in [1.165, 1.54) is 24.1 Å². The van der Waals surface area contributed by atoms with Crippen molar-refractivity contribution in [3.05, 3.63) is 66.2 Å². The van der Waals surface area contributed by atoms with Gasteiger partial charge in [0.05, 0.1) is 12.0 Å². The monoisotopic (exact) mass is 483 g/mol. The third kappa shape index (κ3) is 5.66. The standard InChI is InChI=1S/C25H29N3O5S/c1-4-28(5-2)25(30)23(14-17-6-10-20(26)11-7-17)24(29)27-34(31,32)22-13-9-18-8-12-21(33-3)15-19(18)16-22/h6-13,15-16,23H,4-5,14,26H2,1-3H3,(H,27,29). The number of nitrogens with one attached hydrogen (secondary N) is 1. The number of ether oxygens (including phenoxy) is 1. The van der Waals surface area contributed by atoms with Crippen LogP contribution in [0.5, 0.6) is 5.75 Å². The van der Waals surface area contributed by atoms with Crippen molar-refractivity contribution in [1.82, 2.24) is 9.62 Å². The van der Waals surface area contributed by atoms with E-state index in [2.05, 4.69) is 4.72 Å². The zero-order valence-electron chi connectivity index (χ0n) is 19.4. The highest BCUT2D eigenvalue weighted by Crippen LogP contribution is 2.24. The van der Waals surface area contributed by atoms with Crippen LogP contribution in [0.4, 0.5) is 5.69 Å². The number of amides is 2. The minimum atomic E-state index is -4.22. The molecule has 0 fully saturated rings. The van der Waals surface area contributed by atoms with Crippen molar-refractivity contribution >= 4 is 38.3 Å². The van der Waals surface area contributed by atoms with E-state index < -0.39 is 27.8 Å². The van der Waals surface area contributed by atoms with Crippen molar-refractivity contribution < 1.29 is 22.7 Å². The van der Waals surface area contributed by atoms with Gasteiger partial charge in [-0.05, 0) is 73.0 Å². The van der Waals surface area contributed by atoms with E-state index in [1.807, 2.05) is 6.07 Å². The molecule has 0 spiro atoms. The SMILES string of the molecule is CCN(CC)C(=O)C(Cc1ccc(N)cc1)C(=O)NS(=O)(=O)c1ccc2ccc(OC)cc2c1. The maximum absolute atomic E-state index is 13.2. The van der Waals surface area contributed by atoms with Crippen LogP contribution in [0.2, 0.25) is 0 Å². The molecule has 1 unspecified atom stereocenters. The van der Waals surface area contributed by atoms with E-state index >= 15 is 0 Å². The summed E-state index contributed by atoms with van der Waals surface area (Å²) < 4.78 is 33.5. The first-order chi connectivity index (χ1) is 16.2. The molecule has 0 aliphatic heterocycles. The summed E-state index contributed by atoms with van der Waals surface area (Å²) in [5.41, 5.74) is 6.98. The van der Waals surface area contributed by atoms with Crippen LogP contribution in [0.3, 0.4) is 0 Å². The molecule has 8 nitrogen and oxygen atoms in total.